The van der Waals surface area contributed by atoms with Gasteiger partial charge in [0, 0.05) is 4.47 Å². The molecule has 4 heteroatoms. The zero-order chi connectivity index (χ0) is 13.3. The molecule has 0 aliphatic rings. The zero-order valence-corrected chi connectivity index (χ0v) is 16.1. The van der Waals surface area contributed by atoms with Crippen LogP contribution in [0.15, 0.2) is 28.7 Å². The summed E-state index contributed by atoms with van der Waals surface area (Å²) in [5, 5.41) is 8.49. The van der Waals surface area contributed by atoms with E-state index >= 15 is 0 Å². The first-order chi connectivity index (χ1) is 8.04. The molecule has 0 aromatic heterocycles. The molecule has 0 saturated carbocycles. The van der Waals surface area contributed by atoms with Gasteiger partial charge in [-0.3, -0.25) is 0 Å². The van der Waals surface area contributed by atoms with E-state index in [9.17, 15) is 4.79 Å². The quantitative estimate of drug-likeness (QED) is 0.616. The molecule has 1 rings (SSSR count). The van der Waals surface area contributed by atoms with Gasteiger partial charge in [-0.2, -0.15) is 0 Å². The molecule has 0 spiro atoms. The van der Waals surface area contributed by atoms with Crippen molar-refractivity contribution in [3.63, 3.8) is 0 Å². The van der Waals surface area contributed by atoms with E-state index in [-0.39, 0.29) is 0 Å². The third-order valence-corrected chi connectivity index (χ3v) is 14.7. The Balaban J connectivity index is 0.000000325. The minimum atomic E-state index is -0.902. The second-order valence-corrected chi connectivity index (χ2v) is 18.6. The average molecular weight is 495 g/mol. The number of carboxylic acid groups (broad SMARTS) is 1. The van der Waals surface area contributed by atoms with E-state index in [4.69, 9.17) is 5.11 Å². The third kappa shape index (κ3) is 7.92. The topological polar surface area (TPSA) is 37.3 Å². The van der Waals surface area contributed by atoms with Crippen LogP contribution in [0.5, 0.6) is 0 Å². The van der Waals surface area contributed by atoms with Crippen LogP contribution in [0.2, 0.25) is 11.9 Å². The van der Waals surface area contributed by atoms with Crippen molar-refractivity contribution in [1.29, 1.82) is 0 Å². The zero-order valence-electron chi connectivity index (χ0n) is 10.7. The molecule has 2 nitrogen and oxygen atoms in total. The van der Waals surface area contributed by atoms with Crippen LogP contribution in [0, 0.1) is 0 Å². The number of halogens is 1. The molecule has 1 N–H and O–H groups in total. The van der Waals surface area contributed by atoms with E-state index < -0.39 is 28.7 Å². The number of carboxylic acids is 1. The van der Waals surface area contributed by atoms with E-state index in [1.165, 1.54) is 0 Å². The molecule has 0 amide bonds. The largest absolute Gasteiger partial charge is 0.478 e. The van der Waals surface area contributed by atoms with Gasteiger partial charge in [0.25, 0.3) is 0 Å². The maximum atomic E-state index is 10.3. The van der Waals surface area contributed by atoms with Gasteiger partial charge >= 0.3 is 61.4 Å². The van der Waals surface area contributed by atoms with Gasteiger partial charge in [0.15, 0.2) is 0 Å². The fourth-order valence-electron chi connectivity index (χ4n) is 1.37. The second kappa shape index (κ2) is 10.1. The Morgan fingerprint density at radius 3 is 2.00 bits per heavy atom. The molecule has 0 aliphatic carbocycles. The Kier molecular flexibility index (Phi) is 10.1. The van der Waals surface area contributed by atoms with Gasteiger partial charge in [0.1, 0.15) is 0 Å². The predicted octanol–water partition coefficient (Wildman–Crippen LogP) is 4.69. The summed E-state index contributed by atoms with van der Waals surface area (Å²) in [6.07, 6.45) is 0. The molecule has 95 valence electrons. The Hall–Kier alpha value is 0.0921. The minimum Gasteiger partial charge on any atom is -0.478 e. The number of benzene rings is 1. The van der Waals surface area contributed by atoms with Crippen molar-refractivity contribution in [3.8, 4) is 0 Å². The van der Waals surface area contributed by atoms with Gasteiger partial charge in [0.2, 0.25) is 0 Å². The monoisotopic (exact) mass is 495 g/mol. The number of hydrogen-bond donors (Lipinski definition) is 1. The number of rotatable bonds is 4. The van der Waals surface area contributed by atoms with Crippen LogP contribution in [-0.4, -0.2) is 33.8 Å². The van der Waals surface area contributed by atoms with Gasteiger partial charge < -0.3 is 5.11 Å². The molecular weight excluding hydrogens is 475 g/mol. The fraction of sp³-hybridized carbons (Fsp3) is 0.462. The summed E-state index contributed by atoms with van der Waals surface area (Å²) in [6.45, 7) is 7.07. The number of carbonyl (C=O) groups is 1. The Labute approximate surface area is 121 Å². The fourth-order valence-corrected chi connectivity index (χ4v) is 7.60. The average Bonchev–Trinajstić information content (AvgIpc) is 2.32. The van der Waals surface area contributed by atoms with Crippen LogP contribution in [0.25, 0.3) is 0 Å². The van der Waals surface area contributed by atoms with Gasteiger partial charge in [-0.15, -0.1) is 0 Å². The summed E-state index contributed by atoms with van der Waals surface area (Å²) in [4.78, 5) is 10.3. The van der Waals surface area contributed by atoms with Crippen molar-refractivity contribution >= 4 is 44.6 Å². The molecule has 0 unspecified atom stereocenters. The van der Waals surface area contributed by atoms with Crippen LogP contribution >= 0.6 is 15.9 Å². The van der Waals surface area contributed by atoms with Crippen molar-refractivity contribution in [2.75, 3.05) is 0 Å². The van der Waals surface area contributed by atoms with E-state index in [1.54, 1.807) is 36.2 Å². The van der Waals surface area contributed by atoms with Crippen molar-refractivity contribution in [1.82, 2.24) is 0 Å². The Bertz CT molecular complexity index is 332. The van der Waals surface area contributed by atoms with Gasteiger partial charge in [-0.1, -0.05) is 22.0 Å². The van der Waals surface area contributed by atoms with Crippen molar-refractivity contribution in [2.45, 2.75) is 32.7 Å². The molecule has 0 bridgehead atoms. The number of hydrogen-bond acceptors (Lipinski definition) is 1. The third-order valence-electron chi connectivity index (χ3n) is 2.57. The van der Waals surface area contributed by atoms with E-state index in [0.717, 1.165) is 4.47 Å². The maximum Gasteiger partial charge on any atom is 0.335 e. The summed E-state index contributed by atoms with van der Waals surface area (Å²) >= 11 is 2.38. The van der Waals surface area contributed by atoms with Crippen LogP contribution in [-0.2, 0) is 0 Å². The normalized spacial score (nSPS) is 9.71. The van der Waals surface area contributed by atoms with E-state index in [1.807, 2.05) is 0 Å². The summed E-state index contributed by atoms with van der Waals surface area (Å²) in [5.74, 6) is -0.902. The second-order valence-electron chi connectivity index (χ2n) is 3.63. The first-order valence-corrected chi connectivity index (χ1v) is 14.9. The molecule has 0 fully saturated rings. The van der Waals surface area contributed by atoms with E-state index in [0.29, 0.717) is 5.56 Å². The summed E-state index contributed by atoms with van der Waals surface area (Å²) < 4.78 is 5.49. The van der Waals surface area contributed by atoms with Crippen molar-refractivity contribution in [3.05, 3.63) is 34.3 Å². The molecule has 1 aromatic carbocycles. The van der Waals surface area contributed by atoms with Crippen LogP contribution in [0.3, 0.4) is 0 Å². The van der Waals surface area contributed by atoms with Gasteiger partial charge in [0.05, 0.1) is 5.56 Å². The molecule has 1 aromatic rings. The SMILES string of the molecule is C[CH2][Pb]([CH2]C)[CH2]C.O=C(O)c1cccc(Br)c1. The van der Waals surface area contributed by atoms with E-state index in [2.05, 4.69) is 36.7 Å². The molecule has 0 atom stereocenters. The first-order valence-electron chi connectivity index (χ1n) is 5.87. The molecular formula is C13H20BrO2Pb. The summed E-state index contributed by atoms with van der Waals surface area (Å²) in [6, 6.07) is 6.58. The molecule has 0 saturated heterocycles. The summed E-state index contributed by atoms with van der Waals surface area (Å²) in [5.41, 5.74) is 0.300. The Morgan fingerprint density at radius 1 is 1.24 bits per heavy atom. The predicted molar refractivity (Wildman–Crippen MR) is 78.3 cm³/mol. The van der Waals surface area contributed by atoms with Crippen LogP contribution < -0.4 is 0 Å². The van der Waals surface area contributed by atoms with Crippen LogP contribution in [0.1, 0.15) is 31.1 Å². The first kappa shape index (κ1) is 17.1. The molecule has 1 radical (unpaired) electrons. The van der Waals surface area contributed by atoms with Gasteiger partial charge in [-0.25, -0.2) is 4.79 Å². The standard InChI is InChI=1S/C7H5BrO2.3C2H5.Pb/c8-6-3-1-2-5(4-6)7(9)10;3*1-2;/h1-4H,(H,9,10);3*1H2,2H3;. The van der Waals surface area contributed by atoms with Gasteiger partial charge in [-0.05, 0) is 18.2 Å². The molecule has 17 heavy (non-hydrogen) atoms. The van der Waals surface area contributed by atoms with Crippen molar-refractivity contribution < 1.29 is 9.90 Å². The van der Waals surface area contributed by atoms with Crippen LogP contribution in [0.4, 0.5) is 0 Å². The maximum absolute atomic E-state index is 10.3. The number of aromatic carboxylic acids is 1. The molecule has 0 heterocycles. The Morgan fingerprint density at radius 2 is 1.76 bits per heavy atom. The molecule has 0 aliphatic heterocycles. The summed E-state index contributed by atoms with van der Waals surface area (Å²) in [7, 11) is 0. The minimum absolute atomic E-state index is 0.300. The van der Waals surface area contributed by atoms with Crippen molar-refractivity contribution in [2.24, 2.45) is 0 Å². The smallest absolute Gasteiger partial charge is 0.335 e.